The van der Waals surface area contributed by atoms with Crippen LogP contribution in [0.25, 0.3) is 11.0 Å². The lowest BCUT2D eigenvalue weighted by Gasteiger charge is -2.13. The van der Waals surface area contributed by atoms with E-state index in [0.29, 0.717) is 19.2 Å². The molecule has 130 valence electrons. The van der Waals surface area contributed by atoms with E-state index in [4.69, 9.17) is 9.47 Å². The van der Waals surface area contributed by atoms with Crippen molar-refractivity contribution in [3.8, 4) is 11.5 Å². The Morgan fingerprint density at radius 1 is 1.20 bits per heavy atom. The van der Waals surface area contributed by atoms with Crippen LogP contribution in [0.1, 0.15) is 19.4 Å². The lowest BCUT2D eigenvalue weighted by atomic mass is 10.2. The molecule has 1 heterocycles. The second-order valence-electron chi connectivity index (χ2n) is 5.17. The van der Waals surface area contributed by atoms with Crippen molar-refractivity contribution in [1.29, 1.82) is 0 Å². The van der Waals surface area contributed by atoms with Gasteiger partial charge in [0, 0.05) is 0 Å². The summed E-state index contributed by atoms with van der Waals surface area (Å²) in [6.07, 6.45) is 1.73. The first-order valence-corrected chi connectivity index (χ1v) is 9.12. The molecule has 0 fully saturated rings. The van der Waals surface area contributed by atoms with E-state index in [1.54, 1.807) is 6.21 Å². The third-order valence-electron chi connectivity index (χ3n) is 3.39. The van der Waals surface area contributed by atoms with Gasteiger partial charge in [0.25, 0.3) is 0 Å². The molecular weight excluding hydrogens is 431 g/mol. The van der Waals surface area contributed by atoms with Crippen LogP contribution in [-0.4, -0.2) is 29.4 Å². The average Bonchev–Trinajstić information content (AvgIpc) is 3.01. The van der Waals surface area contributed by atoms with Gasteiger partial charge in [-0.25, -0.2) is 10.4 Å². The molecule has 0 unspecified atom stereocenters. The first-order chi connectivity index (χ1) is 12.2. The molecule has 0 aliphatic rings. The van der Waals surface area contributed by atoms with Gasteiger partial charge in [-0.15, -0.1) is 0 Å². The first-order valence-electron chi connectivity index (χ1n) is 8.04. The number of hydrogen-bond donors (Lipinski definition) is 2. The van der Waals surface area contributed by atoms with Crippen molar-refractivity contribution in [2.75, 3.05) is 18.6 Å². The van der Waals surface area contributed by atoms with Crippen molar-refractivity contribution < 1.29 is 9.47 Å². The standard InChI is InChI=1S/C18H19IN4O2/c1-3-24-16-10-12(9-13(19)17(16)25-4-2)11-20-23-18-21-14-7-5-6-8-15(14)22-18/h5-11H,3-4H2,1-2H3,(H2,21,22,23)/b20-11-. The third kappa shape index (κ3) is 4.22. The number of ether oxygens (including phenoxy) is 2. The molecule has 25 heavy (non-hydrogen) atoms. The zero-order valence-corrected chi connectivity index (χ0v) is 16.2. The number of para-hydroxylation sites is 2. The molecule has 0 saturated heterocycles. The third-order valence-corrected chi connectivity index (χ3v) is 4.20. The Morgan fingerprint density at radius 3 is 2.76 bits per heavy atom. The normalized spacial score (nSPS) is 11.2. The smallest absolute Gasteiger partial charge is 0.222 e. The number of anilines is 1. The fourth-order valence-corrected chi connectivity index (χ4v) is 3.16. The number of halogens is 1. The Hall–Kier alpha value is -2.29. The zero-order chi connectivity index (χ0) is 17.6. The number of aromatic amines is 1. The number of hydrazone groups is 1. The van der Waals surface area contributed by atoms with E-state index in [9.17, 15) is 0 Å². The molecule has 0 amide bonds. The van der Waals surface area contributed by atoms with E-state index >= 15 is 0 Å². The topological polar surface area (TPSA) is 71.5 Å². The molecular formula is C18H19IN4O2. The molecule has 0 radical (unpaired) electrons. The largest absolute Gasteiger partial charge is 0.490 e. The van der Waals surface area contributed by atoms with Gasteiger partial charge in [0.2, 0.25) is 5.95 Å². The SMILES string of the molecule is CCOc1cc(/C=N\Nc2nc3ccccc3[nH]2)cc(I)c1OCC. The maximum atomic E-state index is 5.69. The molecule has 3 rings (SSSR count). The van der Waals surface area contributed by atoms with Crippen LogP contribution in [-0.2, 0) is 0 Å². The highest BCUT2D eigenvalue weighted by atomic mass is 127. The molecule has 7 heteroatoms. The monoisotopic (exact) mass is 450 g/mol. The van der Waals surface area contributed by atoms with Gasteiger partial charge in [0.15, 0.2) is 11.5 Å². The Morgan fingerprint density at radius 2 is 2.00 bits per heavy atom. The van der Waals surface area contributed by atoms with E-state index in [-0.39, 0.29) is 0 Å². The summed E-state index contributed by atoms with van der Waals surface area (Å²) in [4.78, 5) is 7.59. The number of nitrogens with zero attached hydrogens (tertiary/aromatic N) is 2. The number of benzene rings is 2. The highest BCUT2D eigenvalue weighted by Gasteiger charge is 2.11. The van der Waals surface area contributed by atoms with E-state index in [2.05, 4.69) is 43.1 Å². The van der Waals surface area contributed by atoms with Crippen LogP contribution >= 0.6 is 22.6 Å². The predicted octanol–water partition coefficient (Wildman–Crippen LogP) is 4.41. The zero-order valence-electron chi connectivity index (χ0n) is 14.0. The summed E-state index contributed by atoms with van der Waals surface area (Å²) in [6, 6.07) is 11.8. The summed E-state index contributed by atoms with van der Waals surface area (Å²) >= 11 is 2.24. The van der Waals surface area contributed by atoms with Gasteiger partial charge in [-0.1, -0.05) is 12.1 Å². The molecule has 0 aliphatic carbocycles. The minimum atomic E-state index is 0.577. The van der Waals surface area contributed by atoms with Crippen LogP contribution in [0.2, 0.25) is 0 Å². The fraction of sp³-hybridized carbons (Fsp3) is 0.222. The van der Waals surface area contributed by atoms with E-state index in [1.807, 2.05) is 50.2 Å². The number of imidazole rings is 1. The molecule has 0 saturated carbocycles. The number of nitrogens with one attached hydrogen (secondary N) is 2. The fourth-order valence-electron chi connectivity index (χ4n) is 2.38. The Balaban J connectivity index is 1.78. The van der Waals surface area contributed by atoms with Crippen molar-refractivity contribution >= 4 is 45.8 Å². The van der Waals surface area contributed by atoms with Crippen LogP contribution in [0.15, 0.2) is 41.5 Å². The van der Waals surface area contributed by atoms with Crippen LogP contribution in [0.3, 0.4) is 0 Å². The highest BCUT2D eigenvalue weighted by molar-refractivity contribution is 14.1. The number of H-pyrrole nitrogens is 1. The van der Waals surface area contributed by atoms with Crippen molar-refractivity contribution in [2.24, 2.45) is 5.10 Å². The summed E-state index contributed by atoms with van der Waals surface area (Å²) in [6.45, 7) is 5.08. The van der Waals surface area contributed by atoms with Crippen LogP contribution in [0.5, 0.6) is 11.5 Å². The Labute approximate surface area is 159 Å². The molecule has 0 spiro atoms. The summed E-state index contributed by atoms with van der Waals surface area (Å²) in [5.74, 6) is 2.09. The van der Waals surface area contributed by atoms with Crippen molar-refractivity contribution in [3.63, 3.8) is 0 Å². The molecule has 1 aromatic heterocycles. The van der Waals surface area contributed by atoms with Gasteiger partial charge in [0.1, 0.15) is 0 Å². The van der Waals surface area contributed by atoms with Gasteiger partial charge in [-0.3, -0.25) is 0 Å². The summed E-state index contributed by atoms with van der Waals surface area (Å²) < 4.78 is 12.3. The lowest BCUT2D eigenvalue weighted by molar-refractivity contribution is 0.286. The molecule has 0 atom stereocenters. The molecule has 3 aromatic rings. The second-order valence-corrected chi connectivity index (χ2v) is 6.33. The summed E-state index contributed by atoms with van der Waals surface area (Å²) in [7, 11) is 0. The van der Waals surface area contributed by atoms with Gasteiger partial charge in [0.05, 0.1) is 34.0 Å². The van der Waals surface area contributed by atoms with Crippen molar-refractivity contribution in [3.05, 3.63) is 45.5 Å². The first kappa shape index (κ1) is 17.5. The summed E-state index contributed by atoms with van der Waals surface area (Å²) in [5.41, 5.74) is 5.70. The molecule has 6 nitrogen and oxygen atoms in total. The predicted molar refractivity (Wildman–Crippen MR) is 109 cm³/mol. The Bertz CT molecular complexity index is 859. The quantitative estimate of drug-likeness (QED) is 0.318. The van der Waals surface area contributed by atoms with Gasteiger partial charge in [-0.05, 0) is 66.3 Å². The molecule has 0 bridgehead atoms. The molecule has 2 N–H and O–H groups in total. The van der Waals surface area contributed by atoms with E-state index in [1.165, 1.54) is 0 Å². The minimum Gasteiger partial charge on any atom is -0.490 e. The second kappa shape index (κ2) is 8.19. The lowest BCUT2D eigenvalue weighted by Crippen LogP contribution is -2.02. The van der Waals surface area contributed by atoms with Gasteiger partial charge < -0.3 is 14.5 Å². The Kier molecular flexibility index (Phi) is 5.75. The maximum absolute atomic E-state index is 5.69. The van der Waals surface area contributed by atoms with Crippen molar-refractivity contribution in [2.45, 2.75) is 13.8 Å². The number of rotatable bonds is 7. The van der Waals surface area contributed by atoms with E-state index in [0.717, 1.165) is 31.7 Å². The van der Waals surface area contributed by atoms with E-state index < -0.39 is 0 Å². The average molecular weight is 450 g/mol. The van der Waals surface area contributed by atoms with Gasteiger partial charge >= 0.3 is 0 Å². The minimum absolute atomic E-state index is 0.577. The van der Waals surface area contributed by atoms with Crippen LogP contribution < -0.4 is 14.9 Å². The summed E-state index contributed by atoms with van der Waals surface area (Å²) in [5, 5.41) is 4.26. The van der Waals surface area contributed by atoms with Crippen LogP contribution in [0, 0.1) is 3.57 Å². The highest BCUT2D eigenvalue weighted by Crippen LogP contribution is 2.33. The number of fused-ring (bicyclic) bond motifs is 1. The number of hydrogen-bond acceptors (Lipinski definition) is 5. The maximum Gasteiger partial charge on any atom is 0.222 e. The van der Waals surface area contributed by atoms with Crippen molar-refractivity contribution in [1.82, 2.24) is 9.97 Å². The molecule has 0 aliphatic heterocycles. The van der Waals surface area contributed by atoms with Crippen LogP contribution in [0.4, 0.5) is 5.95 Å². The number of aromatic nitrogens is 2. The van der Waals surface area contributed by atoms with Gasteiger partial charge in [-0.2, -0.15) is 5.10 Å². The molecule has 2 aromatic carbocycles.